The van der Waals surface area contributed by atoms with Gasteiger partial charge in [0.1, 0.15) is 21.4 Å². The van der Waals surface area contributed by atoms with E-state index in [4.69, 9.17) is 14.9 Å². The van der Waals surface area contributed by atoms with E-state index in [2.05, 4.69) is 0 Å². The van der Waals surface area contributed by atoms with Crippen molar-refractivity contribution < 1.29 is 31.1 Å². The fraction of sp³-hybridized carbons (Fsp3) is 0.316. The largest absolute Gasteiger partial charge is 0.496 e. The molecule has 0 radical (unpaired) electrons. The molecule has 0 bridgehead atoms. The number of nitrogens with one attached hydrogen (secondary N) is 1. The lowest BCUT2D eigenvalue weighted by molar-refractivity contribution is -0.137. The molecule has 0 spiro atoms. The van der Waals surface area contributed by atoms with Crippen LogP contribution in [0, 0.1) is 5.41 Å². The highest BCUT2D eigenvalue weighted by molar-refractivity contribution is 8.06. The number of fused-ring (bicyclic) bond motifs is 1. The second-order valence-electron chi connectivity index (χ2n) is 6.32. The summed E-state index contributed by atoms with van der Waals surface area (Å²) < 4.78 is 74.6. The molecule has 2 aromatic rings. The van der Waals surface area contributed by atoms with Crippen molar-refractivity contribution in [2.45, 2.75) is 30.3 Å². The van der Waals surface area contributed by atoms with Crippen molar-refractivity contribution in [2.24, 2.45) is 0 Å². The molecule has 1 aliphatic heterocycles. The molecule has 0 fully saturated rings. The molecule has 0 saturated carbocycles. The molecule has 150 valence electrons. The lowest BCUT2D eigenvalue weighted by Crippen LogP contribution is -2.20. The van der Waals surface area contributed by atoms with E-state index >= 15 is 0 Å². The van der Waals surface area contributed by atoms with Crippen LogP contribution < -0.4 is 9.47 Å². The van der Waals surface area contributed by atoms with Gasteiger partial charge < -0.3 is 9.47 Å². The van der Waals surface area contributed by atoms with Gasteiger partial charge in [0.15, 0.2) is 0 Å². The number of alkyl halides is 3. The van der Waals surface area contributed by atoms with Gasteiger partial charge in [-0.2, -0.15) is 13.2 Å². The molecule has 1 N–H and O–H groups in total. The smallest absolute Gasteiger partial charge is 0.416 e. The topological polar surface area (TPSA) is 76.5 Å². The maximum Gasteiger partial charge on any atom is 0.416 e. The first kappa shape index (κ1) is 20.2. The second-order valence-corrected chi connectivity index (χ2v) is 8.26. The van der Waals surface area contributed by atoms with Crippen LogP contribution in [0.2, 0.25) is 0 Å². The summed E-state index contributed by atoms with van der Waals surface area (Å²) in [6.07, 6.45) is -3.48. The summed E-state index contributed by atoms with van der Waals surface area (Å²) in [7, 11) is -2.68. The van der Waals surface area contributed by atoms with Gasteiger partial charge in [-0.3, -0.25) is 5.41 Å². The number of sulfone groups is 1. The van der Waals surface area contributed by atoms with Crippen molar-refractivity contribution >= 4 is 14.9 Å². The van der Waals surface area contributed by atoms with Crippen LogP contribution in [0.4, 0.5) is 13.2 Å². The van der Waals surface area contributed by atoms with Crippen molar-refractivity contribution in [3.05, 3.63) is 53.1 Å². The molecule has 1 aliphatic rings. The lowest BCUT2D eigenvalue weighted by Gasteiger charge is -2.22. The molecule has 9 heteroatoms. The van der Waals surface area contributed by atoms with Gasteiger partial charge in [-0.1, -0.05) is 12.1 Å². The Morgan fingerprint density at radius 1 is 1.18 bits per heavy atom. The number of benzene rings is 2. The van der Waals surface area contributed by atoms with E-state index in [0.29, 0.717) is 29.9 Å². The molecule has 0 unspecified atom stereocenters. The average molecular weight is 413 g/mol. The van der Waals surface area contributed by atoms with Gasteiger partial charge in [0.05, 0.1) is 19.3 Å². The lowest BCUT2D eigenvalue weighted by atomic mass is 10.1. The molecule has 5 nitrogen and oxygen atoms in total. The summed E-state index contributed by atoms with van der Waals surface area (Å²) in [4.78, 5) is -0.125. The summed E-state index contributed by atoms with van der Waals surface area (Å²) in [6, 6.07) is 6.94. The predicted molar refractivity (Wildman–Crippen MR) is 96.9 cm³/mol. The van der Waals surface area contributed by atoms with E-state index in [1.165, 1.54) is 31.4 Å². The fourth-order valence-corrected chi connectivity index (χ4v) is 4.33. The molecule has 0 aromatic heterocycles. The summed E-state index contributed by atoms with van der Waals surface area (Å²) in [5.74, 6) is 0.700. The van der Waals surface area contributed by atoms with E-state index in [-0.39, 0.29) is 17.1 Å². The van der Waals surface area contributed by atoms with Crippen LogP contribution in [0.5, 0.6) is 11.5 Å². The highest BCUT2D eigenvalue weighted by Crippen LogP contribution is 2.39. The van der Waals surface area contributed by atoms with Crippen LogP contribution in [-0.4, -0.2) is 27.2 Å². The molecule has 3 rings (SSSR count). The summed E-state index contributed by atoms with van der Waals surface area (Å²) in [5, 5.41) is 7.44. The van der Waals surface area contributed by atoms with Crippen LogP contribution in [0.1, 0.15) is 23.1 Å². The zero-order valence-corrected chi connectivity index (χ0v) is 15.8. The number of rotatable bonds is 4. The Morgan fingerprint density at radius 2 is 1.86 bits per heavy atom. The predicted octanol–water partition coefficient (Wildman–Crippen LogP) is 4.03. The normalized spacial score (nSPS) is 14.1. The fourth-order valence-electron chi connectivity index (χ4n) is 3.03. The van der Waals surface area contributed by atoms with Crippen molar-refractivity contribution in [1.82, 2.24) is 0 Å². The van der Waals surface area contributed by atoms with Crippen LogP contribution in [-0.2, 0) is 28.9 Å². The average Bonchev–Trinajstić information content (AvgIpc) is 2.66. The Labute approximate surface area is 160 Å². The van der Waals surface area contributed by atoms with Crippen molar-refractivity contribution in [1.29, 1.82) is 5.41 Å². The zero-order valence-electron chi connectivity index (χ0n) is 15.0. The first-order valence-corrected chi connectivity index (χ1v) is 9.94. The Morgan fingerprint density at radius 3 is 2.46 bits per heavy atom. The molecule has 0 amide bonds. The van der Waals surface area contributed by atoms with E-state index in [1.807, 2.05) is 0 Å². The Hall–Kier alpha value is -2.55. The highest BCUT2D eigenvalue weighted by atomic mass is 32.2. The Balaban J connectivity index is 1.90. The van der Waals surface area contributed by atoms with Gasteiger partial charge in [0.2, 0.25) is 9.84 Å². The molecule has 0 aliphatic carbocycles. The van der Waals surface area contributed by atoms with Gasteiger partial charge in [0, 0.05) is 12.0 Å². The molecular weight excluding hydrogens is 395 g/mol. The molecule has 28 heavy (non-hydrogen) atoms. The van der Waals surface area contributed by atoms with Crippen molar-refractivity contribution in [3.8, 4) is 11.5 Å². The third-order valence-corrected chi connectivity index (χ3v) is 6.17. The maximum absolute atomic E-state index is 12.9. The van der Waals surface area contributed by atoms with Gasteiger partial charge in [-0.15, -0.1) is 0 Å². The summed E-state index contributed by atoms with van der Waals surface area (Å²) >= 11 is 0. The van der Waals surface area contributed by atoms with Gasteiger partial charge in [-0.05, 0) is 42.7 Å². The first-order chi connectivity index (χ1) is 13.1. The number of ether oxygens (including phenoxy) is 2. The standard InChI is InChI=1S/C19H18F3NO4S/c1-26-15-8-9-16(18-14(15)3-2-10-27-18)28(24,25)17(23)11-12-4-6-13(7-5-12)19(20,21)22/h4-9,23H,2-3,10-11H2,1H3. The monoisotopic (exact) mass is 413 g/mol. The minimum Gasteiger partial charge on any atom is -0.496 e. The molecule has 0 saturated heterocycles. The zero-order chi connectivity index (χ0) is 20.5. The Bertz CT molecular complexity index is 999. The number of hydrogen-bond donors (Lipinski definition) is 1. The summed E-state index contributed by atoms with van der Waals surface area (Å²) in [5.41, 5.74) is 0.102. The van der Waals surface area contributed by atoms with E-state index in [0.717, 1.165) is 18.6 Å². The molecule has 1 heterocycles. The van der Waals surface area contributed by atoms with Crippen molar-refractivity contribution in [3.63, 3.8) is 0 Å². The van der Waals surface area contributed by atoms with Gasteiger partial charge in [0.25, 0.3) is 0 Å². The van der Waals surface area contributed by atoms with Crippen LogP contribution in [0.15, 0.2) is 41.3 Å². The summed E-state index contributed by atoms with van der Waals surface area (Å²) in [6.45, 7) is 0.356. The number of methoxy groups -OCH3 is 1. The molecule has 2 aromatic carbocycles. The quantitative estimate of drug-likeness (QED) is 0.607. The van der Waals surface area contributed by atoms with Crippen molar-refractivity contribution in [2.75, 3.05) is 13.7 Å². The van der Waals surface area contributed by atoms with Crippen LogP contribution in [0.25, 0.3) is 0 Å². The molecule has 0 atom stereocenters. The van der Waals surface area contributed by atoms with E-state index in [9.17, 15) is 21.6 Å². The van der Waals surface area contributed by atoms with Gasteiger partial charge in [-0.25, -0.2) is 8.42 Å². The minimum atomic E-state index is -4.47. The minimum absolute atomic E-state index is 0.125. The third-order valence-electron chi connectivity index (χ3n) is 4.48. The highest BCUT2D eigenvalue weighted by Gasteiger charge is 2.31. The number of halogens is 3. The van der Waals surface area contributed by atoms with E-state index in [1.54, 1.807) is 0 Å². The third kappa shape index (κ3) is 3.84. The second kappa shape index (κ2) is 7.46. The first-order valence-electron chi connectivity index (χ1n) is 8.46. The molecular formula is C19H18F3NO4S. The van der Waals surface area contributed by atoms with Crippen LogP contribution in [0.3, 0.4) is 0 Å². The van der Waals surface area contributed by atoms with Crippen LogP contribution >= 0.6 is 0 Å². The SMILES string of the molecule is COc1ccc(S(=O)(=O)C(=N)Cc2ccc(C(F)(F)F)cc2)c2c1CCCO2. The van der Waals surface area contributed by atoms with E-state index < -0.39 is 26.6 Å². The maximum atomic E-state index is 12.9. The van der Waals surface area contributed by atoms with Gasteiger partial charge >= 0.3 is 6.18 Å². The number of hydrogen-bond acceptors (Lipinski definition) is 5. The Kier molecular flexibility index (Phi) is 5.38.